The number of phenols is 2. The maximum atomic E-state index is 13.2. The first kappa shape index (κ1) is 41.8. The Morgan fingerprint density at radius 1 is 0.707 bits per heavy atom. The molecule has 1 atom stereocenters. The molecule has 0 spiro atoms. The summed E-state index contributed by atoms with van der Waals surface area (Å²) in [5.41, 5.74) is 1.11. The molecule has 5 aromatic rings. The minimum Gasteiger partial charge on any atom is -0.507 e. The largest absolute Gasteiger partial charge is 0.507 e. The third-order valence-corrected chi connectivity index (χ3v) is 10.9. The number of anilines is 3. The number of carboxylic acids is 1. The molecule has 0 saturated carbocycles. The van der Waals surface area contributed by atoms with E-state index < -0.39 is 62.5 Å². The van der Waals surface area contributed by atoms with Crippen molar-refractivity contribution in [3.63, 3.8) is 0 Å². The Hall–Kier alpha value is -7.38. The van der Waals surface area contributed by atoms with Gasteiger partial charge in [-0.2, -0.15) is 5.26 Å². The van der Waals surface area contributed by atoms with Gasteiger partial charge >= 0.3 is 5.97 Å². The average Bonchev–Trinajstić information content (AvgIpc) is 3.18. The lowest BCUT2D eigenvalue weighted by Gasteiger charge is -2.15. The third kappa shape index (κ3) is 9.70. The summed E-state index contributed by atoms with van der Waals surface area (Å²) in [6, 6.07) is 22.9. The molecule has 0 aromatic heterocycles. The van der Waals surface area contributed by atoms with Crippen LogP contribution in [-0.4, -0.2) is 53.2 Å². The summed E-state index contributed by atoms with van der Waals surface area (Å²) in [6.07, 6.45) is -0.593. The van der Waals surface area contributed by atoms with Gasteiger partial charge in [-0.25, -0.2) is 17.6 Å². The van der Waals surface area contributed by atoms with Gasteiger partial charge in [-0.1, -0.05) is 24.3 Å². The summed E-state index contributed by atoms with van der Waals surface area (Å²) in [6.45, 7) is 2.89. The normalized spacial score (nSPS) is 11.5. The summed E-state index contributed by atoms with van der Waals surface area (Å²) < 4.78 is 38.6. The van der Waals surface area contributed by atoms with Crippen molar-refractivity contribution in [2.24, 2.45) is 5.92 Å². The van der Waals surface area contributed by atoms with E-state index in [1.54, 1.807) is 0 Å². The molecule has 296 valence electrons. The molecule has 0 bridgehead atoms. The molecule has 0 saturated heterocycles. The van der Waals surface area contributed by atoms with Gasteiger partial charge in [0.1, 0.15) is 22.9 Å². The van der Waals surface area contributed by atoms with E-state index >= 15 is 0 Å². The van der Waals surface area contributed by atoms with Gasteiger partial charge in [-0.05, 0) is 92.2 Å². The second-order valence-corrected chi connectivity index (χ2v) is 15.1. The van der Waals surface area contributed by atoms with E-state index in [2.05, 4.69) is 16.0 Å². The van der Waals surface area contributed by atoms with E-state index in [1.807, 2.05) is 6.07 Å². The van der Waals surface area contributed by atoms with Gasteiger partial charge < -0.3 is 31.3 Å². The summed E-state index contributed by atoms with van der Waals surface area (Å²) >= 11 is 0. The fraction of sp³-hybridized carbons (Fsp3) is 0.143. The number of sulfone groups is 1. The zero-order valence-corrected chi connectivity index (χ0v) is 31.7. The monoisotopic (exact) mass is 806 g/mol. The van der Waals surface area contributed by atoms with Crippen LogP contribution in [0.15, 0.2) is 102 Å². The SMILES string of the molecule is Cc1c(NC(=O)c2ccc(NC(=O)c3ccc(NC(=O)C(CC#N)CC(=O)c4ccc(CS(=O)(=O)c5ccc(F)cc5)cc4)cc3)c(C)c2O)ccc(C(=O)O)c1O. The molecular formula is C42H35FN4O10S. The number of aromatic carboxylic acids is 1. The van der Waals surface area contributed by atoms with E-state index in [0.29, 0.717) is 5.56 Å². The van der Waals surface area contributed by atoms with Crippen molar-refractivity contribution in [2.75, 3.05) is 16.0 Å². The summed E-state index contributed by atoms with van der Waals surface area (Å²) in [5.74, 6) is -6.70. The molecule has 14 nitrogen and oxygen atoms in total. The van der Waals surface area contributed by atoms with E-state index in [-0.39, 0.29) is 73.9 Å². The smallest absolute Gasteiger partial charge is 0.339 e. The highest BCUT2D eigenvalue weighted by Gasteiger charge is 2.24. The molecule has 0 aliphatic heterocycles. The number of nitrogens with one attached hydrogen (secondary N) is 3. The van der Waals surface area contributed by atoms with Gasteiger partial charge in [-0.3, -0.25) is 19.2 Å². The van der Waals surface area contributed by atoms with Crippen molar-refractivity contribution in [2.45, 2.75) is 37.3 Å². The zero-order valence-electron chi connectivity index (χ0n) is 30.9. The number of benzene rings is 5. The predicted molar refractivity (Wildman–Crippen MR) is 210 cm³/mol. The summed E-state index contributed by atoms with van der Waals surface area (Å²) in [4.78, 5) is 63.5. The molecule has 58 heavy (non-hydrogen) atoms. The number of carboxylic acid groups (broad SMARTS) is 1. The third-order valence-electron chi connectivity index (χ3n) is 9.19. The van der Waals surface area contributed by atoms with E-state index in [1.165, 1.54) is 92.7 Å². The molecule has 0 radical (unpaired) electrons. The molecule has 1 unspecified atom stereocenters. The number of rotatable bonds is 14. The number of nitriles is 1. The van der Waals surface area contributed by atoms with E-state index in [4.69, 9.17) is 0 Å². The number of halogens is 1. The maximum absolute atomic E-state index is 13.2. The number of phenolic OH excluding ortho intramolecular Hbond substituents is 1. The van der Waals surface area contributed by atoms with Crippen molar-refractivity contribution in [1.29, 1.82) is 5.26 Å². The first-order chi connectivity index (χ1) is 27.5. The highest BCUT2D eigenvalue weighted by atomic mass is 32.2. The molecule has 5 aromatic carbocycles. The van der Waals surface area contributed by atoms with Crippen LogP contribution in [0.3, 0.4) is 0 Å². The number of ketones is 1. The number of amides is 3. The predicted octanol–water partition coefficient (Wildman–Crippen LogP) is 6.77. The van der Waals surface area contributed by atoms with Crippen molar-refractivity contribution < 1.29 is 52.1 Å². The topological polar surface area (TPSA) is 240 Å². The van der Waals surface area contributed by atoms with Crippen LogP contribution in [0.5, 0.6) is 11.5 Å². The quantitative estimate of drug-likeness (QED) is 0.0505. The van der Waals surface area contributed by atoms with Gasteiger partial charge in [0.25, 0.3) is 11.8 Å². The number of aromatic hydroxyl groups is 2. The number of nitrogens with zero attached hydrogens (tertiary/aromatic N) is 1. The van der Waals surface area contributed by atoms with Crippen LogP contribution < -0.4 is 16.0 Å². The fourth-order valence-corrected chi connectivity index (χ4v) is 7.15. The molecule has 5 rings (SSSR count). The molecule has 0 aliphatic carbocycles. The highest BCUT2D eigenvalue weighted by molar-refractivity contribution is 7.90. The molecule has 6 N–H and O–H groups in total. The van der Waals surface area contributed by atoms with Gasteiger partial charge in [0.15, 0.2) is 15.6 Å². The molecule has 3 amide bonds. The second-order valence-electron chi connectivity index (χ2n) is 13.1. The van der Waals surface area contributed by atoms with Crippen LogP contribution in [0.2, 0.25) is 0 Å². The number of hydrogen-bond acceptors (Lipinski definition) is 10. The number of carbonyl (C=O) groups is 5. The van der Waals surface area contributed by atoms with Crippen LogP contribution in [0, 0.1) is 36.9 Å². The van der Waals surface area contributed by atoms with Crippen molar-refractivity contribution in [3.05, 3.63) is 142 Å². The van der Waals surface area contributed by atoms with Crippen LogP contribution in [-0.2, 0) is 20.4 Å². The zero-order chi connectivity index (χ0) is 42.3. The number of carbonyl (C=O) groups excluding carboxylic acids is 4. The molecule has 0 fully saturated rings. The molecule has 16 heteroatoms. The van der Waals surface area contributed by atoms with Gasteiger partial charge in [-0.15, -0.1) is 0 Å². The maximum Gasteiger partial charge on any atom is 0.339 e. The minimum absolute atomic E-state index is 0.0502. The molecule has 0 aliphatic rings. The Bertz CT molecular complexity index is 2590. The van der Waals surface area contributed by atoms with Gasteiger partial charge in [0.05, 0.1) is 28.2 Å². The second kappa shape index (κ2) is 17.6. The summed E-state index contributed by atoms with van der Waals surface area (Å²) in [7, 11) is -3.77. The van der Waals surface area contributed by atoms with Crippen LogP contribution in [0.1, 0.15) is 71.0 Å². The number of Topliss-reactive ketones (excluding diaryl/α,β-unsaturated/α-hetero) is 1. The standard InChI is InChI=1S/C42H35FN4O10S/c1-23-34(17-15-32(37(23)49)41(53)47-35-18-16-33(42(54)55)38(50)24(35)2)46-39(51)27-7-11-30(12-8-27)45-40(52)28(19-20-44)21-36(48)26-5-3-25(4-6-26)22-58(56,57)31-13-9-29(43)10-14-31/h3-18,28,49-50H,19,21-22H2,1-2H3,(H,45,52)(H,46,51)(H,47,53)(H,54,55). The Labute approximate surface area is 331 Å². The van der Waals surface area contributed by atoms with Crippen LogP contribution in [0.25, 0.3) is 0 Å². The lowest BCUT2D eigenvalue weighted by atomic mass is 9.94. The summed E-state index contributed by atoms with van der Waals surface area (Å²) in [5, 5.41) is 47.4. The highest BCUT2D eigenvalue weighted by Crippen LogP contribution is 2.33. The Balaban J connectivity index is 1.18. The lowest BCUT2D eigenvalue weighted by Crippen LogP contribution is -2.25. The van der Waals surface area contributed by atoms with Gasteiger partial charge in [0, 0.05) is 52.2 Å². The number of hydrogen-bond donors (Lipinski definition) is 6. The Kier molecular flexibility index (Phi) is 12.7. The average molecular weight is 807 g/mol. The van der Waals surface area contributed by atoms with E-state index in [9.17, 15) is 57.4 Å². The molecular weight excluding hydrogens is 772 g/mol. The Morgan fingerprint density at radius 3 is 1.81 bits per heavy atom. The minimum atomic E-state index is -3.77. The first-order valence-corrected chi connectivity index (χ1v) is 19.0. The first-order valence-electron chi connectivity index (χ1n) is 17.4. The van der Waals surface area contributed by atoms with E-state index in [0.717, 1.165) is 18.2 Å². The lowest BCUT2D eigenvalue weighted by molar-refractivity contribution is -0.119. The van der Waals surface area contributed by atoms with Crippen molar-refractivity contribution in [1.82, 2.24) is 0 Å². The molecule has 0 heterocycles. The van der Waals surface area contributed by atoms with Crippen LogP contribution >= 0.6 is 0 Å². The van der Waals surface area contributed by atoms with Crippen molar-refractivity contribution >= 4 is 56.4 Å². The fourth-order valence-electron chi connectivity index (χ4n) is 5.80. The van der Waals surface area contributed by atoms with Crippen LogP contribution in [0.4, 0.5) is 21.5 Å². The van der Waals surface area contributed by atoms with Gasteiger partial charge in [0.2, 0.25) is 5.91 Å². The Morgan fingerprint density at radius 2 is 1.24 bits per heavy atom. The van der Waals surface area contributed by atoms with Crippen molar-refractivity contribution in [3.8, 4) is 17.6 Å².